The largest absolute Gasteiger partial charge is 0.496 e. The normalized spacial score (nSPS) is 18.0. The first kappa shape index (κ1) is 15.9. The van der Waals surface area contributed by atoms with Gasteiger partial charge in [-0.15, -0.1) is 0 Å². The molecule has 1 amide bonds. The summed E-state index contributed by atoms with van der Waals surface area (Å²) in [6.07, 6.45) is 2.83. The predicted octanol–water partition coefficient (Wildman–Crippen LogP) is 1.90. The molecule has 1 heterocycles. The van der Waals surface area contributed by atoms with E-state index in [1.165, 1.54) is 0 Å². The summed E-state index contributed by atoms with van der Waals surface area (Å²) < 4.78 is 21.8. The van der Waals surface area contributed by atoms with Crippen LogP contribution in [-0.4, -0.2) is 39.9 Å². The molecular formula is C17H23NO5. The molecule has 1 N–H and O–H groups in total. The number of methoxy groups -OCH3 is 2. The van der Waals surface area contributed by atoms with Gasteiger partial charge in [0.05, 0.1) is 19.1 Å². The van der Waals surface area contributed by atoms with Crippen LogP contribution in [0.15, 0.2) is 12.1 Å². The van der Waals surface area contributed by atoms with E-state index in [1.807, 2.05) is 12.1 Å². The second-order valence-corrected chi connectivity index (χ2v) is 6.06. The number of rotatable bonds is 6. The number of nitrogens with one attached hydrogen (secondary N) is 1. The minimum absolute atomic E-state index is 0.0440. The Hall–Kier alpha value is -1.95. The molecule has 126 valence electrons. The summed E-state index contributed by atoms with van der Waals surface area (Å²) in [7, 11) is 3.24. The van der Waals surface area contributed by atoms with Gasteiger partial charge in [0.15, 0.2) is 11.5 Å². The van der Waals surface area contributed by atoms with Gasteiger partial charge >= 0.3 is 0 Å². The Labute approximate surface area is 136 Å². The minimum atomic E-state index is -0.365. The zero-order valence-corrected chi connectivity index (χ0v) is 13.6. The first-order chi connectivity index (χ1) is 11.2. The van der Waals surface area contributed by atoms with Crippen LogP contribution < -0.4 is 19.5 Å². The van der Waals surface area contributed by atoms with Crippen LogP contribution in [0.5, 0.6) is 17.2 Å². The Balaban J connectivity index is 1.71. The van der Waals surface area contributed by atoms with Crippen molar-refractivity contribution in [2.45, 2.75) is 25.8 Å². The lowest BCUT2D eigenvalue weighted by Crippen LogP contribution is -2.48. The summed E-state index contributed by atoms with van der Waals surface area (Å²) >= 11 is 0. The summed E-state index contributed by atoms with van der Waals surface area (Å²) in [5.41, 5.74) is 0.507. The van der Waals surface area contributed by atoms with Crippen molar-refractivity contribution in [2.75, 3.05) is 34.0 Å². The minimum Gasteiger partial charge on any atom is -0.496 e. The molecule has 0 spiro atoms. The Morgan fingerprint density at radius 3 is 2.48 bits per heavy atom. The highest BCUT2D eigenvalue weighted by Crippen LogP contribution is 2.41. The molecule has 2 aliphatic rings. The average Bonchev–Trinajstić information content (AvgIpc) is 2.54. The first-order valence-corrected chi connectivity index (χ1v) is 7.92. The second kappa shape index (κ2) is 6.66. The van der Waals surface area contributed by atoms with Gasteiger partial charge < -0.3 is 24.3 Å². The van der Waals surface area contributed by atoms with Crippen LogP contribution in [0.3, 0.4) is 0 Å². The summed E-state index contributed by atoms with van der Waals surface area (Å²) in [5, 5.41) is 3.01. The van der Waals surface area contributed by atoms with Gasteiger partial charge in [-0.2, -0.15) is 0 Å². The Kier molecular flexibility index (Phi) is 4.61. The Morgan fingerprint density at radius 2 is 1.91 bits per heavy atom. The molecule has 1 fully saturated rings. The lowest BCUT2D eigenvalue weighted by molar-refractivity contribution is -0.140. The standard InChI is InChI=1S/C17H23NO5/c1-20-11-17(4-3-5-17)16(19)18-10-12-8-14-15(9-13(12)21-2)23-7-6-22-14/h8-9H,3-7,10-11H2,1-2H3,(H,18,19). The summed E-state index contributed by atoms with van der Waals surface area (Å²) in [6.45, 7) is 1.93. The van der Waals surface area contributed by atoms with E-state index in [9.17, 15) is 4.79 Å². The maximum atomic E-state index is 12.5. The number of hydrogen-bond donors (Lipinski definition) is 1. The lowest BCUT2D eigenvalue weighted by atomic mass is 9.68. The molecule has 0 unspecified atom stereocenters. The number of fused-ring (bicyclic) bond motifs is 1. The van der Waals surface area contributed by atoms with Crippen molar-refractivity contribution in [3.63, 3.8) is 0 Å². The quantitative estimate of drug-likeness (QED) is 0.867. The third-order valence-electron chi connectivity index (χ3n) is 4.60. The van der Waals surface area contributed by atoms with Crippen LogP contribution in [0.2, 0.25) is 0 Å². The van der Waals surface area contributed by atoms with Gasteiger partial charge in [0.2, 0.25) is 5.91 Å². The molecule has 1 aromatic rings. The van der Waals surface area contributed by atoms with Crippen molar-refractivity contribution >= 4 is 5.91 Å². The summed E-state index contributed by atoms with van der Waals surface area (Å²) in [6, 6.07) is 3.68. The molecule has 6 nitrogen and oxygen atoms in total. The Morgan fingerprint density at radius 1 is 1.22 bits per heavy atom. The van der Waals surface area contributed by atoms with Gasteiger partial charge in [-0.05, 0) is 18.9 Å². The fraction of sp³-hybridized carbons (Fsp3) is 0.588. The highest BCUT2D eigenvalue weighted by Gasteiger charge is 2.44. The molecule has 1 aliphatic heterocycles. The SMILES string of the molecule is COCC1(C(=O)NCc2cc3c(cc2OC)OCCO3)CCC1. The molecule has 1 aromatic carbocycles. The smallest absolute Gasteiger partial charge is 0.228 e. The van der Waals surface area contributed by atoms with Gasteiger partial charge in [-0.1, -0.05) is 6.42 Å². The fourth-order valence-electron chi connectivity index (χ4n) is 3.12. The van der Waals surface area contributed by atoms with Gasteiger partial charge in [0, 0.05) is 25.3 Å². The van der Waals surface area contributed by atoms with Crippen LogP contribution in [0.25, 0.3) is 0 Å². The van der Waals surface area contributed by atoms with Crippen molar-refractivity contribution < 1.29 is 23.7 Å². The maximum absolute atomic E-state index is 12.5. The molecule has 23 heavy (non-hydrogen) atoms. The molecule has 1 saturated carbocycles. The van der Waals surface area contributed by atoms with Gasteiger partial charge in [0.25, 0.3) is 0 Å². The summed E-state index contributed by atoms with van der Waals surface area (Å²) in [4.78, 5) is 12.5. The lowest BCUT2D eigenvalue weighted by Gasteiger charge is -2.39. The number of hydrogen-bond acceptors (Lipinski definition) is 5. The highest BCUT2D eigenvalue weighted by molar-refractivity contribution is 5.83. The van der Waals surface area contributed by atoms with Crippen molar-refractivity contribution in [3.05, 3.63) is 17.7 Å². The number of carbonyl (C=O) groups excluding carboxylic acids is 1. The molecule has 0 bridgehead atoms. The van der Waals surface area contributed by atoms with E-state index in [1.54, 1.807) is 14.2 Å². The number of carbonyl (C=O) groups is 1. The number of amides is 1. The van der Waals surface area contributed by atoms with Gasteiger partial charge in [0.1, 0.15) is 19.0 Å². The van der Waals surface area contributed by atoms with Crippen LogP contribution in [-0.2, 0) is 16.1 Å². The third-order valence-corrected chi connectivity index (χ3v) is 4.60. The summed E-state index contributed by atoms with van der Waals surface area (Å²) in [5.74, 6) is 2.10. The van der Waals surface area contributed by atoms with Crippen molar-refractivity contribution in [3.8, 4) is 17.2 Å². The zero-order valence-electron chi connectivity index (χ0n) is 13.6. The van der Waals surface area contributed by atoms with E-state index in [2.05, 4.69) is 5.32 Å². The van der Waals surface area contributed by atoms with Crippen LogP contribution in [0.4, 0.5) is 0 Å². The monoisotopic (exact) mass is 321 g/mol. The second-order valence-electron chi connectivity index (χ2n) is 6.06. The fourth-order valence-corrected chi connectivity index (χ4v) is 3.12. The maximum Gasteiger partial charge on any atom is 0.228 e. The van der Waals surface area contributed by atoms with Crippen LogP contribution in [0.1, 0.15) is 24.8 Å². The van der Waals surface area contributed by atoms with Gasteiger partial charge in [-0.3, -0.25) is 4.79 Å². The molecule has 0 radical (unpaired) electrons. The van der Waals surface area contributed by atoms with E-state index in [4.69, 9.17) is 18.9 Å². The number of ether oxygens (including phenoxy) is 4. The number of benzene rings is 1. The first-order valence-electron chi connectivity index (χ1n) is 7.92. The molecule has 1 aliphatic carbocycles. The third kappa shape index (κ3) is 3.08. The highest BCUT2D eigenvalue weighted by atomic mass is 16.6. The van der Waals surface area contributed by atoms with E-state index in [0.717, 1.165) is 24.8 Å². The van der Waals surface area contributed by atoms with Crippen LogP contribution >= 0.6 is 0 Å². The molecule has 0 atom stereocenters. The molecular weight excluding hydrogens is 298 g/mol. The van der Waals surface area contributed by atoms with E-state index in [0.29, 0.717) is 43.6 Å². The average molecular weight is 321 g/mol. The van der Waals surface area contributed by atoms with Crippen LogP contribution in [0, 0.1) is 5.41 Å². The van der Waals surface area contributed by atoms with E-state index in [-0.39, 0.29) is 11.3 Å². The zero-order chi connectivity index (χ0) is 16.3. The van der Waals surface area contributed by atoms with E-state index >= 15 is 0 Å². The van der Waals surface area contributed by atoms with Gasteiger partial charge in [-0.25, -0.2) is 0 Å². The Bertz CT molecular complexity index is 583. The molecule has 0 aromatic heterocycles. The molecule has 6 heteroatoms. The predicted molar refractivity (Wildman–Crippen MR) is 84.0 cm³/mol. The van der Waals surface area contributed by atoms with Crippen molar-refractivity contribution in [2.24, 2.45) is 5.41 Å². The van der Waals surface area contributed by atoms with Crippen molar-refractivity contribution in [1.82, 2.24) is 5.32 Å². The van der Waals surface area contributed by atoms with E-state index < -0.39 is 0 Å². The van der Waals surface area contributed by atoms with Crippen molar-refractivity contribution in [1.29, 1.82) is 0 Å². The molecule has 0 saturated heterocycles. The molecule has 3 rings (SSSR count). The topological polar surface area (TPSA) is 66.0 Å².